The largest absolute Gasteiger partial charge is 0.372 e. The standard InChI is InChI=1S/C20H31NO3.C2H6/c1-8-19(3,4)24-14-10-13-20(5,18(22)21(6)23-7)17-12-9-11-16(2)15-17;1-2/h8-9,11-12,15H,1,10,13-14H2,2-7H3;1-2H3. The van der Waals surface area contributed by atoms with Gasteiger partial charge in [-0.3, -0.25) is 9.63 Å². The molecule has 148 valence electrons. The Kier molecular flexibility index (Phi) is 10.4. The van der Waals surface area contributed by atoms with Gasteiger partial charge in [0, 0.05) is 13.7 Å². The zero-order chi connectivity index (χ0) is 20.4. The van der Waals surface area contributed by atoms with Gasteiger partial charge in [-0.25, -0.2) is 5.06 Å². The molecule has 0 saturated heterocycles. The van der Waals surface area contributed by atoms with E-state index in [1.54, 1.807) is 13.1 Å². The topological polar surface area (TPSA) is 38.8 Å². The lowest BCUT2D eigenvalue weighted by Crippen LogP contribution is -2.43. The van der Waals surface area contributed by atoms with Crippen LogP contribution in [0.4, 0.5) is 0 Å². The van der Waals surface area contributed by atoms with Crippen molar-refractivity contribution >= 4 is 5.91 Å². The minimum atomic E-state index is -0.654. The molecule has 1 aromatic rings. The van der Waals surface area contributed by atoms with Gasteiger partial charge in [0.1, 0.15) is 0 Å². The Morgan fingerprint density at radius 2 is 1.88 bits per heavy atom. The highest BCUT2D eigenvalue weighted by molar-refractivity contribution is 5.87. The number of benzene rings is 1. The third-order valence-corrected chi connectivity index (χ3v) is 4.47. The van der Waals surface area contributed by atoms with Crippen LogP contribution in [0.15, 0.2) is 36.9 Å². The quantitative estimate of drug-likeness (QED) is 0.350. The normalized spacial score (nSPS) is 13.2. The fourth-order valence-corrected chi connectivity index (χ4v) is 2.61. The molecule has 4 heteroatoms. The molecule has 1 unspecified atom stereocenters. The fraction of sp³-hybridized carbons (Fsp3) is 0.591. The Hall–Kier alpha value is -1.65. The summed E-state index contributed by atoms with van der Waals surface area (Å²) < 4.78 is 5.83. The Labute approximate surface area is 160 Å². The fourth-order valence-electron chi connectivity index (χ4n) is 2.61. The van der Waals surface area contributed by atoms with E-state index in [4.69, 9.17) is 9.57 Å². The summed E-state index contributed by atoms with van der Waals surface area (Å²) in [5.74, 6) is -0.0569. The molecule has 1 amide bonds. The van der Waals surface area contributed by atoms with Gasteiger partial charge in [-0.05, 0) is 46.1 Å². The molecule has 0 aliphatic carbocycles. The molecule has 26 heavy (non-hydrogen) atoms. The van der Waals surface area contributed by atoms with Crippen LogP contribution in [0.25, 0.3) is 0 Å². The predicted molar refractivity (Wildman–Crippen MR) is 109 cm³/mol. The van der Waals surface area contributed by atoms with Gasteiger partial charge in [0.05, 0.1) is 18.1 Å². The molecular formula is C22H37NO3. The summed E-state index contributed by atoms with van der Waals surface area (Å²) in [7, 11) is 3.15. The lowest BCUT2D eigenvalue weighted by molar-refractivity contribution is -0.175. The monoisotopic (exact) mass is 363 g/mol. The average molecular weight is 364 g/mol. The van der Waals surface area contributed by atoms with E-state index in [2.05, 4.69) is 12.6 Å². The van der Waals surface area contributed by atoms with Crippen LogP contribution in [-0.4, -0.2) is 37.3 Å². The molecule has 0 aliphatic rings. The molecule has 1 aromatic carbocycles. The number of carbonyl (C=O) groups is 1. The van der Waals surface area contributed by atoms with Crippen LogP contribution in [0.2, 0.25) is 0 Å². The summed E-state index contributed by atoms with van der Waals surface area (Å²) in [4.78, 5) is 18.0. The number of hydrogen-bond acceptors (Lipinski definition) is 3. The number of nitrogens with zero attached hydrogens (tertiary/aromatic N) is 1. The van der Waals surface area contributed by atoms with Crippen molar-refractivity contribution < 1.29 is 14.4 Å². The summed E-state index contributed by atoms with van der Waals surface area (Å²) in [6, 6.07) is 8.09. The van der Waals surface area contributed by atoms with Crippen molar-refractivity contribution in [2.24, 2.45) is 0 Å². The maximum absolute atomic E-state index is 12.9. The van der Waals surface area contributed by atoms with Crippen molar-refractivity contribution in [1.29, 1.82) is 0 Å². The van der Waals surface area contributed by atoms with Crippen LogP contribution in [0, 0.1) is 6.92 Å². The maximum Gasteiger partial charge on any atom is 0.256 e. The van der Waals surface area contributed by atoms with Gasteiger partial charge in [-0.2, -0.15) is 0 Å². The van der Waals surface area contributed by atoms with E-state index in [9.17, 15) is 4.79 Å². The van der Waals surface area contributed by atoms with Crippen molar-refractivity contribution in [2.75, 3.05) is 20.8 Å². The first-order chi connectivity index (χ1) is 12.2. The molecule has 0 N–H and O–H groups in total. The Bertz CT molecular complexity index is 568. The minimum Gasteiger partial charge on any atom is -0.372 e. The van der Waals surface area contributed by atoms with Crippen molar-refractivity contribution in [3.8, 4) is 0 Å². The van der Waals surface area contributed by atoms with E-state index >= 15 is 0 Å². The summed E-state index contributed by atoms with van der Waals surface area (Å²) in [6.45, 7) is 16.3. The Morgan fingerprint density at radius 3 is 2.38 bits per heavy atom. The van der Waals surface area contributed by atoms with E-state index in [1.165, 1.54) is 12.2 Å². The molecule has 4 nitrogen and oxygen atoms in total. The predicted octanol–water partition coefficient (Wildman–Crippen LogP) is 5.06. The number of rotatable bonds is 9. The van der Waals surface area contributed by atoms with Crippen LogP contribution in [0.5, 0.6) is 0 Å². The number of hydroxylamine groups is 2. The van der Waals surface area contributed by atoms with E-state index in [-0.39, 0.29) is 11.5 Å². The molecule has 0 saturated carbocycles. The van der Waals surface area contributed by atoms with E-state index < -0.39 is 5.41 Å². The van der Waals surface area contributed by atoms with Gasteiger partial charge in [-0.15, -0.1) is 6.58 Å². The molecule has 1 atom stereocenters. The van der Waals surface area contributed by atoms with Crippen molar-refractivity contribution in [3.63, 3.8) is 0 Å². The third kappa shape index (κ3) is 6.93. The second kappa shape index (κ2) is 11.1. The highest BCUT2D eigenvalue weighted by Gasteiger charge is 2.37. The van der Waals surface area contributed by atoms with Crippen LogP contribution in [0.1, 0.15) is 58.6 Å². The van der Waals surface area contributed by atoms with Crippen molar-refractivity contribution in [3.05, 3.63) is 48.0 Å². The zero-order valence-corrected chi connectivity index (χ0v) is 17.9. The number of likely N-dealkylation sites (N-methyl/N-ethyl adjacent to an activating group) is 1. The lowest BCUT2D eigenvalue weighted by atomic mass is 9.77. The van der Waals surface area contributed by atoms with Crippen LogP contribution >= 0.6 is 0 Å². The van der Waals surface area contributed by atoms with Crippen molar-refractivity contribution in [1.82, 2.24) is 5.06 Å². The van der Waals surface area contributed by atoms with Gasteiger partial charge in [-0.1, -0.05) is 49.8 Å². The SMILES string of the molecule is C=CC(C)(C)OCCCC(C)(C(=O)N(C)OC)c1cccc(C)c1.CC. The van der Waals surface area contributed by atoms with E-state index in [0.717, 1.165) is 17.5 Å². The van der Waals surface area contributed by atoms with Gasteiger partial charge in [0.2, 0.25) is 0 Å². The van der Waals surface area contributed by atoms with Gasteiger partial charge >= 0.3 is 0 Å². The molecular weight excluding hydrogens is 326 g/mol. The summed E-state index contributed by atoms with van der Waals surface area (Å²) in [6.07, 6.45) is 3.23. The summed E-state index contributed by atoms with van der Waals surface area (Å²) in [5, 5.41) is 1.30. The van der Waals surface area contributed by atoms with E-state index in [1.807, 2.05) is 59.7 Å². The number of ether oxygens (including phenoxy) is 1. The highest BCUT2D eigenvalue weighted by atomic mass is 16.7. The molecule has 1 rings (SSSR count). The smallest absolute Gasteiger partial charge is 0.256 e. The number of amides is 1. The van der Waals surface area contributed by atoms with E-state index in [0.29, 0.717) is 13.0 Å². The molecule has 0 aromatic heterocycles. The number of aryl methyl sites for hydroxylation is 1. The lowest BCUT2D eigenvalue weighted by Gasteiger charge is -2.32. The van der Waals surface area contributed by atoms with Crippen LogP contribution in [0.3, 0.4) is 0 Å². The van der Waals surface area contributed by atoms with Gasteiger partial charge in [0.15, 0.2) is 0 Å². The molecule has 0 radical (unpaired) electrons. The first-order valence-electron chi connectivity index (χ1n) is 9.33. The Morgan fingerprint density at radius 1 is 1.27 bits per heavy atom. The molecule has 0 spiro atoms. The second-order valence-corrected chi connectivity index (χ2v) is 6.95. The third-order valence-electron chi connectivity index (χ3n) is 4.47. The van der Waals surface area contributed by atoms with Crippen LogP contribution < -0.4 is 0 Å². The average Bonchev–Trinajstić information content (AvgIpc) is 2.65. The first kappa shape index (κ1) is 24.4. The molecule has 0 aliphatic heterocycles. The number of hydrogen-bond donors (Lipinski definition) is 0. The molecule has 0 fully saturated rings. The Balaban J connectivity index is 0.00000301. The van der Waals surface area contributed by atoms with Gasteiger partial charge < -0.3 is 4.74 Å². The summed E-state index contributed by atoms with van der Waals surface area (Å²) >= 11 is 0. The number of carbonyl (C=O) groups excluding carboxylic acids is 1. The van der Waals surface area contributed by atoms with Crippen molar-refractivity contribution in [2.45, 2.75) is 65.4 Å². The first-order valence-corrected chi connectivity index (χ1v) is 9.33. The minimum absolute atomic E-state index is 0.0569. The zero-order valence-electron chi connectivity index (χ0n) is 17.9. The molecule has 0 bridgehead atoms. The second-order valence-electron chi connectivity index (χ2n) is 6.95. The maximum atomic E-state index is 12.9. The highest BCUT2D eigenvalue weighted by Crippen LogP contribution is 2.32. The van der Waals surface area contributed by atoms with Gasteiger partial charge in [0.25, 0.3) is 5.91 Å². The summed E-state index contributed by atoms with van der Waals surface area (Å²) in [5.41, 5.74) is 1.13. The molecule has 0 heterocycles. The van der Waals surface area contributed by atoms with Crippen LogP contribution in [-0.2, 0) is 19.8 Å².